The van der Waals surface area contributed by atoms with Crippen molar-refractivity contribution in [3.63, 3.8) is 0 Å². The highest BCUT2D eigenvalue weighted by Crippen LogP contribution is 2.37. The van der Waals surface area contributed by atoms with E-state index in [1.54, 1.807) is 0 Å². The van der Waals surface area contributed by atoms with Crippen LogP contribution in [0.2, 0.25) is 0 Å². The Balaban J connectivity index is 1.79. The van der Waals surface area contributed by atoms with Crippen molar-refractivity contribution in [1.82, 2.24) is 14.6 Å². The molecule has 0 aromatic carbocycles. The molecule has 21 heavy (non-hydrogen) atoms. The minimum absolute atomic E-state index is 0.299. The Bertz CT molecular complexity index is 634. The number of aromatic nitrogens is 3. The molecule has 2 aromatic rings. The van der Waals surface area contributed by atoms with Gasteiger partial charge in [-0.05, 0) is 28.8 Å². The van der Waals surface area contributed by atoms with E-state index in [1.165, 1.54) is 32.1 Å². The van der Waals surface area contributed by atoms with E-state index >= 15 is 0 Å². The third kappa shape index (κ3) is 3.00. The second kappa shape index (κ2) is 5.83. The van der Waals surface area contributed by atoms with Crippen LogP contribution in [0.4, 0.5) is 5.95 Å². The maximum Gasteiger partial charge on any atom is 0.228 e. The second-order valence-corrected chi connectivity index (χ2v) is 7.00. The molecule has 6 heteroatoms. The number of hydrogen-bond donors (Lipinski definition) is 1. The summed E-state index contributed by atoms with van der Waals surface area (Å²) in [6.45, 7) is 3.09. The number of fused-ring (bicyclic) bond motifs is 1. The average molecular weight is 353 g/mol. The van der Waals surface area contributed by atoms with Gasteiger partial charge in [-0.2, -0.15) is 0 Å². The van der Waals surface area contributed by atoms with Gasteiger partial charge in [0, 0.05) is 24.7 Å². The van der Waals surface area contributed by atoms with Gasteiger partial charge in [-0.15, -0.1) is 10.2 Å². The highest BCUT2D eigenvalue weighted by Gasteiger charge is 2.28. The molecule has 1 aliphatic rings. The van der Waals surface area contributed by atoms with E-state index in [1.807, 2.05) is 23.7 Å². The maximum absolute atomic E-state index is 6.08. The third-order valence-electron chi connectivity index (χ3n) is 4.32. The largest absolute Gasteiger partial charge is 0.492 e. The molecule has 2 heterocycles. The Hall–Kier alpha value is -1.30. The van der Waals surface area contributed by atoms with Crippen molar-refractivity contribution in [3.05, 3.63) is 16.7 Å². The van der Waals surface area contributed by atoms with Crippen LogP contribution in [0.25, 0.3) is 5.65 Å². The van der Waals surface area contributed by atoms with Gasteiger partial charge in [0.15, 0.2) is 5.65 Å². The Morgan fingerprint density at radius 2 is 2.10 bits per heavy atom. The van der Waals surface area contributed by atoms with Crippen LogP contribution in [0.1, 0.15) is 39.0 Å². The number of nitrogens with zero attached hydrogens (tertiary/aromatic N) is 3. The Labute approximate surface area is 133 Å². The molecule has 0 spiro atoms. The van der Waals surface area contributed by atoms with Gasteiger partial charge in [0.2, 0.25) is 5.95 Å². The van der Waals surface area contributed by atoms with Gasteiger partial charge >= 0.3 is 0 Å². The standard InChI is InChI=1S/C15H21BrN4O/c1-15(6-4-3-5-7-15)10-21-12-8-13-18-19-14(17-2)20(13)9-11(12)16/h8-9H,3-7,10H2,1-2H3,(H,17,19). The highest BCUT2D eigenvalue weighted by molar-refractivity contribution is 9.10. The van der Waals surface area contributed by atoms with Crippen LogP contribution < -0.4 is 10.1 Å². The Kier molecular flexibility index (Phi) is 4.06. The summed E-state index contributed by atoms with van der Waals surface area (Å²) in [4.78, 5) is 0. The lowest BCUT2D eigenvalue weighted by molar-refractivity contribution is 0.115. The minimum Gasteiger partial charge on any atom is -0.492 e. The SMILES string of the molecule is CNc1nnc2cc(OCC3(C)CCCCC3)c(Br)cn12. The Morgan fingerprint density at radius 1 is 1.33 bits per heavy atom. The summed E-state index contributed by atoms with van der Waals surface area (Å²) >= 11 is 3.58. The first kappa shape index (κ1) is 14.6. The molecule has 1 fully saturated rings. The number of rotatable bonds is 4. The first-order chi connectivity index (χ1) is 10.1. The lowest BCUT2D eigenvalue weighted by Crippen LogP contribution is -2.27. The fraction of sp³-hybridized carbons (Fsp3) is 0.600. The Morgan fingerprint density at radius 3 is 2.81 bits per heavy atom. The first-order valence-electron chi connectivity index (χ1n) is 7.46. The van der Waals surface area contributed by atoms with E-state index < -0.39 is 0 Å². The van der Waals surface area contributed by atoms with E-state index in [4.69, 9.17) is 4.74 Å². The fourth-order valence-corrected chi connectivity index (χ4v) is 3.41. The van der Waals surface area contributed by atoms with Crippen LogP contribution in [0.3, 0.4) is 0 Å². The van der Waals surface area contributed by atoms with Crippen LogP contribution in [0, 0.1) is 5.41 Å². The zero-order valence-corrected chi connectivity index (χ0v) is 14.1. The lowest BCUT2D eigenvalue weighted by atomic mass is 9.76. The molecule has 2 aromatic heterocycles. The number of pyridine rings is 1. The van der Waals surface area contributed by atoms with Crippen molar-refractivity contribution in [2.45, 2.75) is 39.0 Å². The average Bonchev–Trinajstić information content (AvgIpc) is 2.87. The van der Waals surface area contributed by atoms with Gasteiger partial charge in [0.25, 0.3) is 0 Å². The van der Waals surface area contributed by atoms with Gasteiger partial charge in [-0.1, -0.05) is 26.2 Å². The van der Waals surface area contributed by atoms with Gasteiger partial charge in [0.05, 0.1) is 11.1 Å². The topological polar surface area (TPSA) is 51.5 Å². The van der Waals surface area contributed by atoms with E-state index in [2.05, 4.69) is 38.4 Å². The summed E-state index contributed by atoms with van der Waals surface area (Å²) in [6.07, 6.45) is 8.44. The molecule has 5 nitrogen and oxygen atoms in total. The third-order valence-corrected chi connectivity index (χ3v) is 4.92. The number of ether oxygens (including phenoxy) is 1. The first-order valence-corrected chi connectivity index (χ1v) is 8.25. The molecule has 0 aliphatic heterocycles. The van der Waals surface area contributed by atoms with Crippen LogP contribution in [-0.4, -0.2) is 28.3 Å². The molecular weight excluding hydrogens is 332 g/mol. The van der Waals surface area contributed by atoms with Crippen LogP contribution in [-0.2, 0) is 0 Å². The highest BCUT2D eigenvalue weighted by atomic mass is 79.9. The maximum atomic E-state index is 6.08. The molecule has 1 N–H and O–H groups in total. The number of anilines is 1. The molecule has 3 rings (SSSR count). The zero-order valence-electron chi connectivity index (χ0n) is 12.5. The smallest absolute Gasteiger partial charge is 0.228 e. The summed E-state index contributed by atoms with van der Waals surface area (Å²) in [5, 5.41) is 11.3. The molecule has 0 unspecified atom stereocenters. The van der Waals surface area contributed by atoms with Crippen molar-refractivity contribution in [2.24, 2.45) is 5.41 Å². The summed E-state index contributed by atoms with van der Waals surface area (Å²) in [5.74, 6) is 1.56. The molecule has 1 saturated carbocycles. The van der Waals surface area contributed by atoms with Crippen molar-refractivity contribution in [3.8, 4) is 5.75 Å². The zero-order chi connectivity index (χ0) is 14.9. The molecule has 0 atom stereocenters. The van der Waals surface area contributed by atoms with E-state index in [0.29, 0.717) is 5.41 Å². The molecule has 0 saturated heterocycles. The summed E-state index contributed by atoms with van der Waals surface area (Å²) in [7, 11) is 1.83. The van der Waals surface area contributed by atoms with Gasteiger partial charge < -0.3 is 10.1 Å². The lowest BCUT2D eigenvalue weighted by Gasteiger charge is -2.33. The molecule has 0 radical (unpaired) electrons. The number of nitrogens with one attached hydrogen (secondary N) is 1. The van der Waals surface area contributed by atoms with Crippen molar-refractivity contribution < 1.29 is 4.74 Å². The van der Waals surface area contributed by atoms with E-state index in [-0.39, 0.29) is 0 Å². The van der Waals surface area contributed by atoms with E-state index in [9.17, 15) is 0 Å². The summed E-state index contributed by atoms with van der Waals surface area (Å²) in [5.41, 5.74) is 1.08. The number of halogens is 1. The molecule has 114 valence electrons. The molecule has 0 amide bonds. The predicted molar refractivity (Wildman–Crippen MR) is 86.9 cm³/mol. The van der Waals surface area contributed by atoms with Crippen LogP contribution in [0.15, 0.2) is 16.7 Å². The molecule has 1 aliphatic carbocycles. The monoisotopic (exact) mass is 352 g/mol. The number of hydrogen-bond acceptors (Lipinski definition) is 4. The quantitative estimate of drug-likeness (QED) is 0.906. The fourth-order valence-electron chi connectivity index (χ4n) is 2.98. The second-order valence-electron chi connectivity index (χ2n) is 6.15. The van der Waals surface area contributed by atoms with Gasteiger partial charge in [-0.3, -0.25) is 4.40 Å². The molecule has 0 bridgehead atoms. The van der Waals surface area contributed by atoms with Crippen molar-refractivity contribution in [1.29, 1.82) is 0 Å². The summed E-state index contributed by atoms with van der Waals surface area (Å²) < 4.78 is 8.91. The van der Waals surface area contributed by atoms with Crippen LogP contribution in [0.5, 0.6) is 5.75 Å². The summed E-state index contributed by atoms with van der Waals surface area (Å²) in [6, 6.07) is 1.93. The van der Waals surface area contributed by atoms with Gasteiger partial charge in [-0.25, -0.2) is 0 Å². The predicted octanol–water partition coefficient (Wildman–Crippen LogP) is 3.88. The van der Waals surface area contributed by atoms with Crippen LogP contribution >= 0.6 is 15.9 Å². The van der Waals surface area contributed by atoms with Crippen molar-refractivity contribution >= 4 is 27.5 Å². The van der Waals surface area contributed by atoms with Crippen molar-refractivity contribution in [2.75, 3.05) is 19.0 Å². The van der Waals surface area contributed by atoms with Gasteiger partial charge in [0.1, 0.15) is 5.75 Å². The normalized spacial score (nSPS) is 17.9. The van der Waals surface area contributed by atoms with E-state index in [0.717, 1.165) is 28.4 Å². The molecular formula is C15H21BrN4O. The minimum atomic E-state index is 0.299.